The van der Waals surface area contributed by atoms with Crippen LogP contribution in [0.15, 0.2) is 0 Å². The predicted molar refractivity (Wildman–Crippen MR) is 62.1 cm³/mol. The molecule has 0 spiro atoms. The van der Waals surface area contributed by atoms with Crippen molar-refractivity contribution in [3.8, 4) is 0 Å². The molecule has 0 bridgehead atoms. The van der Waals surface area contributed by atoms with Crippen LogP contribution in [-0.2, 0) is 9.53 Å². The van der Waals surface area contributed by atoms with Gasteiger partial charge in [-0.15, -0.1) is 0 Å². The Hall–Kier alpha value is -0.610. The van der Waals surface area contributed by atoms with E-state index in [1.54, 1.807) is 0 Å². The van der Waals surface area contributed by atoms with Crippen LogP contribution in [-0.4, -0.2) is 35.9 Å². The molecule has 2 atom stereocenters. The van der Waals surface area contributed by atoms with Crippen molar-refractivity contribution in [3.05, 3.63) is 0 Å². The number of hydrogen-bond donors (Lipinski definition) is 2. The van der Waals surface area contributed by atoms with Crippen LogP contribution in [0.5, 0.6) is 0 Å². The molecule has 0 saturated heterocycles. The Morgan fingerprint density at radius 2 is 2.25 bits per heavy atom. The summed E-state index contributed by atoms with van der Waals surface area (Å²) in [5, 5.41) is 12.4. The summed E-state index contributed by atoms with van der Waals surface area (Å²) < 4.78 is 5.35. The monoisotopic (exact) mass is 229 g/mol. The van der Waals surface area contributed by atoms with Crippen molar-refractivity contribution in [1.82, 2.24) is 5.32 Å². The smallest absolute Gasteiger partial charge is 0.220 e. The Bertz CT molecular complexity index is 218. The summed E-state index contributed by atoms with van der Waals surface area (Å²) in [6, 6.07) is -0.0292. The quantitative estimate of drug-likeness (QED) is 0.673. The fourth-order valence-electron chi connectivity index (χ4n) is 1.94. The Morgan fingerprint density at radius 3 is 2.81 bits per heavy atom. The third-order valence-corrected chi connectivity index (χ3v) is 2.83. The minimum atomic E-state index is -0.351. The van der Waals surface area contributed by atoms with Crippen LogP contribution < -0.4 is 5.32 Å². The van der Waals surface area contributed by atoms with Crippen molar-refractivity contribution < 1.29 is 14.6 Å². The van der Waals surface area contributed by atoms with E-state index in [-0.39, 0.29) is 24.2 Å². The van der Waals surface area contributed by atoms with Gasteiger partial charge in [0.25, 0.3) is 0 Å². The van der Waals surface area contributed by atoms with E-state index in [0.717, 1.165) is 25.7 Å². The minimum Gasteiger partial charge on any atom is -0.391 e. The van der Waals surface area contributed by atoms with E-state index < -0.39 is 0 Å². The summed E-state index contributed by atoms with van der Waals surface area (Å²) in [7, 11) is 0. The number of aliphatic hydroxyl groups is 1. The normalized spacial score (nSPS) is 25.0. The maximum absolute atomic E-state index is 11.5. The molecule has 1 rings (SSSR count). The molecule has 16 heavy (non-hydrogen) atoms. The topological polar surface area (TPSA) is 58.6 Å². The van der Waals surface area contributed by atoms with Crippen molar-refractivity contribution in [2.75, 3.05) is 6.61 Å². The molecule has 2 unspecified atom stereocenters. The van der Waals surface area contributed by atoms with Gasteiger partial charge in [0.1, 0.15) is 0 Å². The molecule has 1 amide bonds. The Labute approximate surface area is 97.4 Å². The maximum atomic E-state index is 11.5. The van der Waals surface area contributed by atoms with Crippen molar-refractivity contribution in [2.24, 2.45) is 0 Å². The van der Waals surface area contributed by atoms with Gasteiger partial charge in [0, 0.05) is 13.0 Å². The van der Waals surface area contributed by atoms with E-state index in [1.807, 2.05) is 13.8 Å². The molecule has 0 aliphatic heterocycles. The van der Waals surface area contributed by atoms with E-state index in [4.69, 9.17) is 4.74 Å². The van der Waals surface area contributed by atoms with Crippen LogP contribution in [0, 0.1) is 0 Å². The summed E-state index contributed by atoms with van der Waals surface area (Å²) in [4.78, 5) is 11.5. The molecule has 1 aliphatic rings. The average Bonchev–Trinajstić information content (AvgIpc) is 2.59. The third kappa shape index (κ3) is 4.94. The van der Waals surface area contributed by atoms with E-state index in [2.05, 4.69) is 5.32 Å². The molecule has 0 radical (unpaired) electrons. The van der Waals surface area contributed by atoms with Gasteiger partial charge in [-0.2, -0.15) is 0 Å². The molecule has 2 N–H and O–H groups in total. The summed E-state index contributed by atoms with van der Waals surface area (Å²) >= 11 is 0. The lowest BCUT2D eigenvalue weighted by molar-refractivity contribution is -0.122. The van der Waals surface area contributed by atoms with Crippen molar-refractivity contribution in [1.29, 1.82) is 0 Å². The van der Waals surface area contributed by atoms with Crippen molar-refractivity contribution in [3.63, 3.8) is 0 Å². The molecule has 0 aromatic heterocycles. The number of aliphatic hydroxyl groups excluding tert-OH is 1. The van der Waals surface area contributed by atoms with Gasteiger partial charge < -0.3 is 15.2 Å². The zero-order chi connectivity index (χ0) is 12.0. The molecule has 1 aliphatic carbocycles. The van der Waals surface area contributed by atoms with Gasteiger partial charge in [-0.1, -0.05) is 0 Å². The first-order chi connectivity index (χ1) is 7.59. The Morgan fingerprint density at radius 1 is 1.50 bits per heavy atom. The average molecular weight is 229 g/mol. The fourth-order valence-corrected chi connectivity index (χ4v) is 1.94. The molecule has 4 heteroatoms. The number of ether oxygens (including phenoxy) is 1. The van der Waals surface area contributed by atoms with Crippen LogP contribution in [0.3, 0.4) is 0 Å². The van der Waals surface area contributed by atoms with E-state index in [9.17, 15) is 9.90 Å². The molecule has 94 valence electrons. The fraction of sp³-hybridized carbons (Fsp3) is 0.917. The summed E-state index contributed by atoms with van der Waals surface area (Å²) in [6.45, 7) is 4.59. The lowest BCUT2D eigenvalue weighted by Crippen LogP contribution is -2.39. The van der Waals surface area contributed by atoms with E-state index >= 15 is 0 Å². The zero-order valence-electron chi connectivity index (χ0n) is 10.2. The summed E-state index contributed by atoms with van der Waals surface area (Å²) in [6.07, 6.45) is 3.80. The molecular formula is C12H23NO3. The first-order valence-corrected chi connectivity index (χ1v) is 6.18. The number of hydrogen-bond acceptors (Lipinski definition) is 3. The SMILES string of the molecule is CC(C)OCCCC(=O)NC1CCCC1O. The van der Waals surface area contributed by atoms with Gasteiger partial charge in [0.15, 0.2) is 0 Å². The molecular weight excluding hydrogens is 206 g/mol. The largest absolute Gasteiger partial charge is 0.391 e. The van der Waals surface area contributed by atoms with Gasteiger partial charge in [-0.25, -0.2) is 0 Å². The molecule has 1 saturated carbocycles. The lowest BCUT2D eigenvalue weighted by atomic mass is 10.2. The number of nitrogens with one attached hydrogen (secondary N) is 1. The Kier molecular flexibility index (Phi) is 5.77. The third-order valence-electron chi connectivity index (χ3n) is 2.83. The minimum absolute atomic E-state index is 0.0262. The molecule has 1 fully saturated rings. The summed E-state index contributed by atoms with van der Waals surface area (Å²) in [5.74, 6) is 0.0262. The van der Waals surface area contributed by atoms with Crippen LogP contribution in [0.25, 0.3) is 0 Å². The van der Waals surface area contributed by atoms with Gasteiger partial charge in [-0.3, -0.25) is 4.79 Å². The highest BCUT2D eigenvalue weighted by Crippen LogP contribution is 2.18. The second kappa shape index (κ2) is 6.86. The highest BCUT2D eigenvalue weighted by Gasteiger charge is 2.26. The van der Waals surface area contributed by atoms with Crippen molar-refractivity contribution >= 4 is 5.91 Å². The lowest BCUT2D eigenvalue weighted by Gasteiger charge is -2.16. The van der Waals surface area contributed by atoms with Crippen molar-refractivity contribution in [2.45, 2.75) is 64.2 Å². The van der Waals surface area contributed by atoms with Gasteiger partial charge >= 0.3 is 0 Å². The van der Waals surface area contributed by atoms with Crippen LogP contribution >= 0.6 is 0 Å². The van der Waals surface area contributed by atoms with Gasteiger partial charge in [-0.05, 0) is 39.5 Å². The molecule has 0 heterocycles. The van der Waals surface area contributed by atoms with Gasteiger partial charge in [0.2, 0.25) is 5.91 Å². The number of carbonyl (C=O) groups excluding carboxylic acids is 1. The van der Waals surface area contributed by atoms with Crippen LogP contribution in [0.4, 0.5) is 0 Å². The highest BCUT2D eigenvalue weighted by atomic mass is 16.5. The Balaban J connectivity index is 2.06. The van der Waals surface area contributed by atoms with E-state index in [1.165, 1.54) is 0 Å². The first kappa shape index (κ1) is 13.5. The second-order valence-electron chi connectivity index (χ2n) is 4.70. The maximum Gasteiger partial charge on any atom is 0.220 e. The van der Waals surface area contributed by atoms with Gasteiger partial charge in [0.05, 0.1) is 18.2 Å². The van der Waals surface area contributed by atoms with Crippen LogP contribution in [0.1, 0.15) is 46.0 Å². The van der Waals surface area contributed by atoms with E-state index in [0.29, 0.717) is 13.0 Å². The number of rotatable bonds is 6. The predicted octanol–water partition coefficient (Wildman–Crippen LogP) is 1.22. The second-order valence-corrected chi connectivity index (χ2v) is 4.70. The standard InChI is InChI=1S/C12H23NO3/c1-9(2)16-8-4-7-12(15)13-10-5-3-6-11(10)14/h9-11,14H,3-8H2,1-2H3,(H,13,15). The number of carbonyl (C=O) groups is 1. The summed E-state index contributed by atoms with van der Waals surface area (Å²) in [5.41, 5.74) is 0. The number of amides is 1. The highest BCUT2D eigenvalue weighted by molar-refractivity contribution is 5.76. The molecule has 4 nitrogen and oxygen atoms in total. The molecule has 0 aromatic carbocycles. The molecule has 0 aromatic rings. The van der Waals surface area contributed by atoms with Crippen LogP contribution in [0.2, 0.25) is 0 Å². The first-order valence-electron chi connectivity index (χ1n) is 6.18. The zero-order valence-corrected chi connectivity index (χ0v) is 10.2.